The number of hydrogen-bond donors (Lipinski definition) is 3. The highest BCUT2D eigenvalue weighted by molar-refractivity contribution is 9.10. The molecule has 0 radical (unpaired) electrons. The Morgan fingerprint density at radius 3 is 2.69 bits per heavy atom. The van der Waals surface area contributed by atoms with Gasteiger partial charge in [-0.2, -0.15) is 0 Å². The van der Waals surface area contributed by atoms with Crippen LogP contribution in [0.4, 0.5) is 17.1 Å². The summed E-state index contributed by atoms with van der Waals surface area (Å²) in [5, 5.41) is 13.1. The number of anilines is 3. The Bertz CT molecular complexity index is 1200. The third-order valence-electron chi connectivity index (χ3n) is 5.00. The van der Waals surface area contributed by atoms with Crippen LogP contribution in [-0.4, -0.2) is 34.3 Å². The predicted octanol–water partition coefficient (Wildman–Crippen LogP) is 4.80. The van der Waals surface area contributed by atoms with Gasteiger partial charge in [-0.15, -0.1) is 0 Å². The summed E-state index contributed by atoms with van der Waals surface area (Å²) in [5.74, 6) is 0. The number of imidazole rings is 1. The number of aromatic nitrogens is 2. The van der Waals surface area contributed by atoms with Crippen LogP contribution in [-0.2, 0) is 10.0 Å². The zero-order chi connectivity index (χ0) is 20.8. The van der Waals surface area contributed by atoms with Gasteiger partial charge in [0.15, 0.2) is 5.65 Å². The normalized spacial score (nSPS) is 15.4. The monoisotopic (exact) mass is 518 g/mol. The summed E-state index contributed by atoms with van der Waals surface area (Å²) in [4.78, 5) is 4.23. The maximum absolute atomic E-state index is 13.0. The molecule has 1 aromatic carbocycles. The largest absolute Gasteiger partial charge is 0.396 e. The van der Waals surface area contributed by atoms with E-state index in [1.54, 1.807) is 41.2 Å². The van der Waals surface area contributed by atoms with Gasteiger partial charge in [-0.25, -0.2) is 13.4 Å². The van der Waals surface area contributed by atoms with Gasteiger partial charge >= 0.3 is 0 Å². The molecule has 0 bridgehead atoms. The standard InChI is InChI=1S/C18H17BrCl2N4O3S/c19-11-1-2-13(12(20)9-11)23-16-14(10-25-7-6-22-17(25)15(16)21)24-29(27,28)18(3-4-18)5-8-26/h1-2,6-7,9-10,23-24,26H,3-5,8H2. The van der Waals surface area contributed by atoms with Crippen LogP contribution in [0.25, 0.3) is 5.65 Å². The molecule has 1 aliphatic carbocycles. The molecule has 0 amide bonds. The Labute approximate surface area is 186 Å². The summed E-state index contributed by atoms with van der Waals surface area (Å²) >= 11 is 16.2. The molecule has 0 atom stereocenters. The number of sulfonamides is 1. The van der Waals surface area contributed by atoms with Crippen molar-refractivity contribution in [1.29, 1.82) is 0 Å². The van der Waals surface area contributed by atoms with Gasteiger partial charge in [0.25, 0.3) is 0 Å². The lowest BCUT2D eigenvalue weighted by Crippen LogP contribution is -2.31. The van der Waals surface area contributed by atoms with E-state index in [0.717, 1.165) is 4.47 Å². The van der Waals surface area contributed by atoms with Crippen LogP contribution in [0.15, 0.2) is 41.3 Å². The first-order chi connectivity index (χ1) is 13.8. The fraction of sp³-hybridized carbons (Fsp3) is 0.278. The average molecular weight is 520 g/mol. The molecular weight excluding hydrogens is 503 g/mol. The summed E-state index contributed by atoms with van der Waals surface area (Å²) in [5.41, 5.74) is 1.65. The molecule has 0 unspecified atom stereocenters. The van der Waals surface area contributed by atoms with Crippen LogP contribution < -0.4 is 10.0 Å². The second-order valence-corrected chi connectivity index (χ2v) is 10.7. The van der Waals surface area contributed by atoms with E-state index in [1.807, 2.05) is 0 Å². The molecule has 0 saturated heterocycles. The van der Waals surface area contributed by atoms with E-state index in [-0.39, 0.29) is 23.7 Å². The van der Waals surface area contributed by atoms with Crippen molar-refractivity contribution in [2.75, 3.05) is 16.6 Å². The first kappa shape index (κ1) is 20.7. The summed E-state index contributed by atoms with van der Waals surface area (Å²) < 4.78 is 30.2. The zero-order valence-corrected chi connectivity index (χ0v) is 18.9. The Kier molecular flexibility index (Phi) is 5.45. The first-order valence-electron chi connectivity index (χ1n) is 8.77. The highest BCUT2D eigenvalue weighted by Gasteiger charge is 2.54. The minimum absolute atomic E-state index is 0.185. The second kappa shape index (κ2) is 7.63. The molecule has 1 aliphatic rings. The third-order valence-corrected chi connectivity index (χ3v) is 8.41. The lowest BCUT2D eigenvalue weighted by atomic mass is 10.2. The fourth-order valence-corrected chi connectivity index (χ4v) is 5.87. The van der Waals surface area contributed by atoms with E-state index in [0.29, 0.717) is 34.9 Å². The molecule has 11 heteroatoms. The summed E-state index contributed by atoms with van der Waals surface area (Å²) in [6.45, 7) is -0.193. The number of fused-ring (bicyclic) bond motifs is 1. The molecular formula is C18H17BrCl2N4O3S. The fourth-order valence-electron chi connectivity index (χ4n) is 3.20. The number of aliphatic hydroxyl groups excluding tert-OH is 1. The molecule has 2 aromatic heterocycles. The molecule has 7 nitrogen and oxygen atoms in total. The van der Waals surface area contributed by atoms with Gasteiger partial charge in [0, 0.05) is 29.7 Å². The van der Waals surface area contributed by atoms with Crippen LogP contribution in [0.3, 0.4) is 0 Å². The van der Waals surface area contributed by atoms with Crippen LogP contribution >= 0.6 is 39.1 Å². The summed E-state index contributed by atoms with van der Waals surface area (Å²) in [6, 6.07) is 5.28. The molecule has 3 aromatic rings. The number of benzene rings is 1. The summed E-state index contributed by atoms with van der Waals surface area (Å²) in [7, 11) is -3.75. The van der Waals surface area contributed by atoms with Crippen molar-refractivity contribution in [3.8, 4) is 0 Å². The van der Waals surface area contributed by atoms with Crippen molar-refractivity contribution in [2.24, 2.45) is 0 Å². The minimum atomic E-state index is -3.75. The maximum Gasteiger partial charge on any atom is 0.238 e. The molecule has 3 N–H and O–H groups in total. The van der Waals surface area contributed by atoms with Crippen molar-refractivity contribution in [3.63, 3.8) is 0 Å². The summed E-state index contributed by atoms with van der Waals surface area (Å²) in [6.07, 6.45) is 6.05. The van der Waals surface area contributed by atoms with Crippen molar-refractivity contribution >= 4 is 71.9 Å². The Hall–Kier alpha value is -1.52. The number of nitrogens with one attached hydrogen (secondary N) is 2. The quantitative estimate of drug-likeness (QED) is 0.416. The van der Waals surface area contributed by atoms with Crippen LogP contribution in [0.2, 0.25) is 10.0 Å². The number of pyridine rings is 1. The molecule has 29 heavy (non-hydrogen) atoms. The number of aliphatic hydroxyl groups is 1. The lowest BCUT2D eigenvalue weighted by Gasteiger charge is -2.21. The van der Waals surface area contributed by atoms with Gasteiger partial charge in [-0.3, -0.25) is 4.72 Å². The Morgan fingerprint density at radius 2 is 2.03 bits per heavy atom. The molecule has 4 rings (SSSR count). The van der Waals surface area contributed by atoms with Gasteiger partial charge in [-0.05, 0) is 37.5 Å². The highest BCUT2D eigenvalue weighted by Crippen LogP contribution is 2.48. The van der Waals surface area contributed by atoms with Crippen molar-refractivity contribution < 1.29 is 13.5 Å². The molecule has 0 spiro atoms. The van der Waals surface area contributed by atoms with E-state index in [9.17, 15) is 13.5 Å². The third kappa shape index (κ3) is 3.82. The molecule has 2 heterocycles. The van der Waals surface area contributed by atoms with Crippen LogP contribution in [0.1, 0.15) is 19.3 Å². The van der Waals surface area contributed by atoms with Crippen LogP contribution in [0.5, 0.6) is 0 Å². The lowest BCUT2D eigenvalue weighted by molar-refractivity contribution is 0.283. The molecule has 154 valence electrons. The van der Waals surface area contributed by atoms with Crippen molar-refractivity contribution in [1.82, 2.24) is 9.38 Å². The van der Waals surface area contributed by atoms with E-state index < -0.39 is 14.8 Å². The van der Waals surface area contributed by atoms with Gasteiger partial charge in [-0.1, -0.05) is 39.1 Å². The molecule has 0 aliphatic heterocycles. The predicted molar refractivity (Wildman–Crippen MR) is 119 cm³/mol. The molecule has 1 fully saturated rings. The van der Waals surface area contributed by atoms with E-state index in [4.69, 9.17) is 23.2 Å². The van der Waals surface area contributed by atoms with Crippen molar-refractivity contribution in [3.05, 3.63) is 51.3 Å². The second-order valence-electron chi connectivity index (χ2n) is 6.90. The number of nitrogens with zero attached hydrogens (tertiary/aromatic N) is 2. The average Bonchev–Trinajstić information content (AvgIpc) is 3.30. The van der Waals surface area contributed by atoms with E-state index >= 15 is 0 Å². The van der Waals surface area contributed by atoms with Gasteiger partial charge in [0.1, 0.15) is 5.02 Å². The number of rotatable bonds is 7. The maximum atomic E-state index is 13.0. The molecule has 1 saturated carbocycles. The van der Waals surface area contributed by atoms with Gasteiger partial charge in [0.05, 0.1) is 26.8 Å². The van der Waals surface area contributed by atoms with Crippen molar-refractivity contribution in [2.45, 2.75) is 24.0 Å². The smallest absolute Gasteiger partial charge is 0.238 e. The highest BCUT2D eigenvalue weighted by atomic mass is 79.9. The Morgan fingerprint density at radius 1 is 1.28 bits per heavy atom. The van der Waals surface area contributed by atoms with E-state index in [1.165, 1.54) is 0 Å². The van der Waals surface area contributed by atoms with Gasteiger partial charge < -0.3 is 14.8 Å². The van der Waals surface area contributed by atoms with E-state index in [2.05, 4.69) is 31.0 Å². The van der Waals surface area contributed by atoms with Gasteiger partial charge in [0.2, 0.25) is 10.0 Å². The Balaban J connectivity index is 1.79. The first-order valence-corrected chi connectivity index (χ1v) is 11.8. The zero-order valence-electron chi connectivity index (χ0n) is 15.0. The topological polar surface area (TPSA) is 95.7 Å². The van der Waals surface area contributed by atoms with Crippen LogP contribution in [0, 0.1) is 0 Å². The number of halogens is 3. The SMILES string of the molecule is O=S(=O)(Nc1cn2ccnc2c(Cl)c1Nc1ccc(Br)cc1Cl)C1(CCO)CC1. The number of hydrogen-bond acceptors (Lipinski definition) is 5. The minimum Gasteiger partial charge on any atom is -0.396 e.